The van der Waals surface area contributed by atoms with Crippen LogP contribution in [0.1, 0.15) is 27.2 Å². The van der Waals surface area contributed by atoms with Gasteiger partial charge in [-0.15, -0.1) is 0 Å². The molecule has 4 aromatic rings. The van der Waals surface area contributed by atoms with Gasteiger partial charge in [0.2, 0.25) is 5.78 Å². The number of halogens is 3. The molecule has 2 heterocycles. The molecule has 0 atom stereocenters. The number of nitrogens with one attached hydrogen (secondary N) is 1. The number of alkyl halides is 2. The van der Waals surface area contributed by atoms with Crippen molar-refractivity contribution in [2.24, 2.45) is 0 Å². The van der Waals surface area contributed by atoms with Crippen LogP contribution in [-0.4, -0.2) is 21.8 Å². The topological polar surface area (TPSA) is 74.4 Å². The van der Waals surface area contributed by atoms with E-state index in [2.05, 4.69) is 5.32 Å². The first-order chi connectivity index (χ1) is 17.3. The maximum Gasteiger partial charge on any atom is 0.288 e. The minimum atomic E-state index is -2.55. The minimum Gasteiger partial charge on any atom is -0.321 e. The fourth-order valence-corrected chi connectivity index (χ4v) is 4.39. The zero-order valence-electron chi connectivity index (χ0n) is 18.8. The molecule has 0 aliphatic carbocycles. The molecule has 0 aliphatic heterocycles. The highest BCUT2D eigenvalue weighted by molar-refractivity contribution is 7.99. The molecule has 0 aliphatic rings. The zero-order chi connectivity index (χ0) is 25.8. The van der Waals surface area contributed by atoms with E-state index in [4.69, 9.17) is 11.6 Å². The van der Waals surface area contributed by atoms with Gasteiger partial charge >= 0.3 is 0 Å². The summed E-state index contributed by atoms with van der Waals surface area (Å²) in [6.07, 6.45) is 3.19. The van der Waals surface area contributed by atoms with Crippen LogP contribution >= 0.6 is 23.4 Å². The number of amides is 1. The van der Waals surface area contributed by atoms with Crippen LogP contribution in [0.3, 0.4) is 0 Å². The number of hydrogen-bond donors (Lipinski definition) is 1. The first-order valence-electron chi connectivity index (χ1n) is 10.7. The lowest BCUT2D eigenvalue weighted by Crippen LogP contribution is -2.13. The van der Waals surface area contributed by atoms with Gasteiger partial charge in [-0.2, -0.15) is 14.0 Å². The maximum absolute atomic E-state index is 13.4. The van der Waals surface area contributed by atoms with Crippen LogP contribution in [0.15, 0.2) is 83.4 Å². The molecule has 4 rings (SSSR count). The second-order valence-electron chi connectivity index (χ2n) is 7.71. The monoisotopic (exact) mass is 521 g/mol. The predicted octanol–water partition coefficient (Wildman–Crippen LogP) is 6.99. The SMILES string of the molecule is Cc1c(C=C(C#N)C(=O)Nc2ccc(SC(F)F)cc2)c2ccccn2c1C(=O)c1ccc(Cl)cc1. The molecule has 2 aromatic carbocycles. The van der Waals surface area contributed by atoms with Gasteiger partial charge in [-0.05, 0) is 79.2 Å². The Morgan fingerprint density at radius 3 is 2.42 bits per heavy atom. The van der Waals surface area contributed by atoms with E-state index in [9.17, 15) is 23.6 Å². The van der Waals surface area contributed by atoms with Crippen LogP contribution in [0.4, 0.5) is 14.5 Å². The number of pyridine rings is 1. The first-order valence-corrected chi connectivity index (χ1v) is 11.9. The lowest BCUT2D eigenvalue weighted by atomic mass is 10.0. The molecule has 0 unspecified atom stereocenters. The lowest BCUT2D eigenvalue weighted by Gasteiger charge is -2.06. The van der Waals surface area contributed by atoms with Crippen molar-refractivity contribution < 1.29 is 18.4 Å². The number of rotatable bonds is 7. The fourth-order valence-electron chi connectivity index (χ4n) is 3.77. The van der Waals surface area contributed by atoms with Crippen molar-refractivity contribution >= 4 is 52.3 Å². The molecule has 0 saturated carbocycles. The van der Waals surface area contributed by atoms with Crippen molar-refractivity contribution in [1.29, 1.82) is 5.26 Å². The average Bonchev–Trinajstić information content (AvgIpc) is 3.14. The van der Waals surface area contributed by atoms with Crippen molar-refractivity contribution in [3.05, 3.63) is 106 Å². The maximum atomic E-state index is 13.4. The Kier molecular flexibility index (Phi) is 7.53. The van der Waals surface area contributed by atoms with Gasteiger partial charge in [0.1, 0.15) is 11.6 Å². The Morgan fingerprint density at radius 2 is 1.78 bits per heavy atom. The predicted molar refractivity (Wildman–Crippen MR) is 138 cm³/mol. The third kappa shape index (κ3) is 5.33. The van der Waals surface area contributed by atoms with Gasteiger partial charge in [-0.1, -0.05) is 29.4 Å². The minimum absolute atomic E-state index is 0.175. The van der Waals surface area contributed by atoms with E-state index in [-0.39, 0.29) is 11.4 Å². The van der Waals surface area contributed by atoms with Crippen molar-refractivity contribution in [3.8, 4) is 6.07 Å². The Bertz CT molecular complexity index is 1520. The van der Waals surface area contributed by atoms with Crippen LogP contribution in [-0.2, 0) is 4.79 Å². The summed E-state index contributed by atoms with van der Waals surface area (Å²) in [5.41, 5.74) is 2.86. The number of hydrogen-bond acceptors (Lipinski definition) is 4. The number of ketones is 1. The summed E-state index contributed by atoms with van der Waals surface area (Å²) in [6, 6.07) is 19.7. The van der Waals surface area contributed by atoms with Crippen LogP contribution < -0.4 is 5.32 Å². The first kappa shape index (κ1) is 25.2. The van der Waals surface area contributed by atoms with Gasteiger partial charge in [0, 0.05) is 32.9 Å². The highest BCUT2D eigenvalue weighted by Gasteiger charge is 2.22. The fraction of sp³-hybridized carbons (Fsp3) is 0.0741. The number of nitrogens with zero attached hydrogens (tertiary/aromatic N) is 2. The third-order valence-electron chi connectivity index (χ3n) is 5.45. The van der Waals surface area contributed by atoms with Gasteiger partial charge in [-0.3, -0.25) is 9.59 Å². The molecular formula is C27H18ClF2N3O2S. The van der Waals surface area contributed by atoms with Gasteiger partial charge in [-0.25, -0.2) is 0 Å². The van der Waals surface area contributed by atoms with E-state index in [1.165, 1.54) is 30.3 Å². The summed E-state index contributed by atoms with van der Waals surface area (Å²) in [5.74, 6) is -3.43. The third-order valence-corrected chi connectivity index (χ3v) is 6.42. The Morgan fingerprint density at radius 1 is 1.08 bits per heavy atom. The van der Waals surface area contributed by atoms with Crippen molar-refractivity contribution in [3.63, 3.8) is 0 Å². The van der Waals surface area contributed by atoms with Gasteiger partial charge in [0.05, 0.1) is 11.2 Å². The molecule has 1 amide bonds. The molecule has 0 radical (unpaired) electrons. The highest BCUT2D eigenvalue weighted by atomic mass is 35.5. The van der Waals surface area contributed by atoms with Crippen LogP contribution in [0, 0.1) is 18.3 Å². The smallest absolute Gasteiger partial charge is 0.288 e. The van der Waals surface area contributed by atoms with Gasteiger partial charge in [0.25, 0.3) is 11.7 Å². The second kappa shape index (κ2) is 10.8. The van der Waals surface area contributed by atoms with Gasteiger partial charge < -0.3 is 9.72 Å². The number of fused-ring (bicyclic) bond motifs is 1. The van der Waals surface area contributed by atoms with Gasteiger partial charge in [0.15, 0.2) is 0 Å². The second-order valence-corrected chi connectivity index (χ2v) is 9.21. The summed E-state index contributed by atoms with van der Waals surface area (Å²) >= 11 is 6.36. The average molecular weight is 522 g/mol. The van der Waals surface area contributed by atoms with E-state index in [0.29, 0.717) is 55.3 Å². The van der Waals surface area contributed by atoms with Crippen LogP contribution in [0.5, 0.6) is 0 Å². The molecule has 0 saturated heterocycles. The molecule has 9 heteroatoms. The van der Waals surface area contributed by atoms with E-state index < -0.39 is 11.7 Å². The number of thioether (sulfide) groups is 1. The Labute approximate surface area is 215 Å². The van der Waals surface area contributed by atoms with E-state index >= 15 is 0 Å². The molecule has 36 heavy (non-hydrogen) atoms. The summed E-state index contributed by atoms with van der Waals surface area (Å²) in [6.45, 7) is 1.76. The summed E-state index contributed by atoms with van der Waals surface area (Å²) in [7, 11) is 0. The molecule has 1 N–H and O–H groups in total. The summed E-state index contributed by atoms with van der Waals surface area (Å²) in [5, 5.41) is 12.8. The van der Waals surface area contributed by atoms with Crippen molar-refractivity contribution in [1.82, 2.24) is 4.40 Å². The Balaban J connectivity index is 1.69. The molecule has 0 bridgehead atoms. The molecule has 2 aromatic heterocycles. The van der Waals surface area contributed by atoms with E-state index in [1.807, 2.05) is 6.07 Å². The molecule has 0 fully saturated rings. The summed E-state index contributed by atoms with van der Waals surface area (Å²) < 4.78 is 26.8. The van der Waals surface area contributed by atoms with E-state index in [1.54, 1.807) is 60.0 Å². The number of benzene rings is 2. The number of aromatic nitrogens is 1. The number of nitriles is 1. The lowest BCUT2D eigenvalue weighted by molar-refractivity contribution is -0.112. The largest absolute Gasteiger partial charge is 0.321 e. The van der Waals surface area contributed by atoms with Crippen LogP contribution in [0.2, 0.25) is 5.02 Å². The normalized spacial score (nSPS) is 11.5. The number of carbonyl (C=O) groups excluding carboxylic acids is 2. The quantitative estimate of drug-likeness (QED) is 0.123. The van der Waals surface area contributed by atoms with Crippen LogP contribution in [0.25, 0.3) is 11.6 Å². The highest BCUT2D eigenvalue weighted by Crippen LogP contribution is 2.29. The molecule has 0 spiro atoms. The van der Waals surface area contributed by atoms with Crippen molar-refractivity contribution in [2.45, 2.75) is 17.6 Å². The van der Waals surface area contributed by atoms with Crippen molar-refractivity contribution in [2.75, 3.05) is 5.32 Å². The zero-order valence-corrected chi connectivity index (χ0v) is 20.4. The molecule has 180 valence electrons. The molecular weight excluding hydrogens is 504 g/mol. The summed E-state index contributed by atoms with van der Waals surface area (Å²) in [4.78, 5) is 26.5. The Hall–Kier alpha value is -3.93. The number of anilines is 1. The standard InChI is InChI=1S/C27H18ClF2N3O2S/c1-16-22(14-18(15-31)26(35)32-20-9-11-21(12-10-20)36-27(29)30)23-4-2-3-13-33(23)24(16)25(34)17-5-7-19(28)8-6-17/h2-14,27H,1H3,(H,32,35). The number of carbonyl (C=O) groups is 2. The van der Waals surface area contributed by atoms with E-state index in [0.717, 1.165) is 0 Å². The molecule has 5 nitrogen and oxygen atoms in total.